The summed E-state index contributed by atoms with van der Waals surface area (Å²) in [5.74, 6) is 0.287. The van der Waals surface area contributed by atoms with E-state index in [2.05, 4.69) is 28.7 Å². The van der Waals surface area contributed by atoms with Crippen LogP contribution in [-0.2, 0) is 17.9 Å². The molecule has 0 atom stereocenters. The Morgan fingerprint density at radius 3 is 2.76 bits per heavy atom. The molecule has 1 aromatic carbocycles. The van der Waals surface area contributed by atoms with Crippen molar-refractivity contribution in [2.45, 2.75) is 39.8 Å². The summed E-state index contributed by atoms with van der Waals surface area (Å²) in [6.07, 6.45) is 1.85. The maximum absolute atomic E-state index is 8.73. The van der Waals surface area contributed by atoms with E-state index in [1.165, 1.54) is 11.1 Å². The molecular weight excluding hydrogens is 266 g/mol. The normalized spacial score (nSPS) is 12.6. The van der Waals surface area contributed by atoms with Crippen LogP contribution < -0.4 is 11.1 Å². The molecule has 0 aromatic heterocycles. The first kappa shape index (κ1) is 17.5. The van der Waals surface area contributed by atoms with Gasteiger partial charge in [-0.3, -0.25) is 0 Å². The number of oxime groups is 1. The summed E-state index contributed by atoms with van der Waals surface area (Å²) < 4.78 is 5.13. The molecule has 0 amide bonds. The number of nitrogens with one attached hydrogen (secondary N) is 1. The molecule has 0 saturated heterocycles. The maximum Gasteiger partial charge on any atom is 0.144 e. The standard InChI is InChI=1S/C16H27N3O2/c1-16(2,15(17)19-20)8-5-9-18-11-13-6-4-7-14(10-13)12-21-3/h4,6-7,10,18,20H,5,8-9,11-12H2,1-3H3,(H2,17,19). The number of nitrogens with two attached hydrogens (primary N) is 1. The summed E-state index contributed by atoms with van der Waals surface area (Å²) in [7, 11) is 1.70. The van der Waals surface area contributed by atoms with Gasteiger partial charge in [-0.05, 0) is 30.5 Å². The average Bonchev–Trinajstić information content (AvgIpc) is 2.46. The smallest absolute Gasteiger partial charge is 0.144 e. The third-order valence-electron chi connectivity index (χ3n) is 3.59. The van der Waals surface area contributed by atoms with Crippen molar-refractivity contribution in [3.05, 3.63) is 35.4 Å². The molecule has 0 radical (unpaired) electrons. The topological polar surface area (TPSA) is 79.9 Å². The minimum Gasteiger partial charge on any atom is -0.409 e. The van der Waals surface area contributed by atoms with Gasteiger partial charge in [0.15, 0.2) is 0 Å². The van der Waals surface area contributed by atoms with Crippen molar-refractivity contribution in [2.24, 2.45) is 16.3 Å². The SMILES string of the molecule is COCc1cccc(CNCCCC(C)(C)C(N)=NO)c1. The van der Waals surface area contributed by atoms with E-state index in [1.54, 1.807) is 7.11 Å². The number of hydrogen-bond acceptors (Lipinski definition) is 4. The number of rotatable bonds is 9. The molecule has 21 heavy (non-hydrogen) atoms. The second-order valence-electron chi connectivity index (χ2n) is 5.90. The molecule has 0 spiro atoms. The minimum absolute atomic E-state index is 0.269. The Morgan fingerprint density at radius 2 is 2.10 bits per heavy atom. The lowest BCUT2D eigenvalue weighted by Gasteiger charge is -2.22. The molecule has 0 aliphatic carbocycles. The van der Waals surface area contributed by atoms with E-state index >= 15 is 0 Å². The van der Waals surface area contributed by atoms with Gasteiger partial charge in [0.1, 0.15) is 5.84 Å². The first-order valence-corrected chi connectivity index (χ1v) is 7.25. The Kier molecular flexibility index (Phi) is 7.19. The lowest BCUT2D eigenvalue weighted by Crippen LogP contribution is -2.32. The molecule has 0 unspecified atom stereocenters. The van der Waals surface area contributed by atoms with Crippen LogP contribution in [0.2, 0.25) is 0 Å². The van der Waals surface area contributed by atoms with Crippen LogP contribution in [0.1, 0.15) is 37.8 Å². The zero-order chi connectivity index (χ0) is 15.7. The maximum atomic E-state index is 8.73. The fourth-order valence-electron chi connectivity index (χ4n) is 2.15. The molecule has 1 rings (SSSR count). The zero-order valence-electron chi connectivity index (χ0n) is 13.2. The van der Waals surface area contributed by atoms with Crippen LogP contribution in [0.4, 0.5) is 0 Å². The highest BCUT2D eigenvalue weighted by molar-refractivity contribution is 5.85. The van der Waals surface area contributed by atoms with Gasteiger partial charge in [-0.2, -0.15) is 0 Å². The van der Waals surface area contributed by atoms with Gasteiger partial charge in [-0.15, -0.1) is 0 Å². The Morgan fingerprint density at radius 1 is 1.38 bits per heavy atom. The number of ether oxygens (including phenoxy) is 1. The van der Waals surface area contributed by atoms with Crippen molar-refractivity contribution in [1.82, 2.24) is 5.32 Å². The van der Waals surface area contributed by atoms with Crippen molar-refractivity contribution >= 4 is 5.84 Å². The first-order valence-electron chi connectivity index (χ1n) is 7.25. The third kappa shape index (κ3) is 6.14. The van der Waals surface area contributed by atoms with Crippen LogP contribution in [0.5, 0.6) is 0 Å². The lowest BCUT2D eigenvalue weighted by molar-refractivity contribution is 0.185. The number of benzene rings is 1. The van der Waals surface area contributed by atoms with Crippen LogP contribution >= 0.6 is 0 Å². The van der Waals surface area contributed by atoms with Gasteiger partial charge in [0, 0.05) is 19.1 Å². The lowest BCUT2D eigenvalue weighted by atomic mass is 9.86. The van der Waals surface area contributed by atoms with Gasteiger partial charge in [-0.1, -0.05) is 43.3 Å². The van der Waals surface area contributed by atoms with E-state index in [1.807, 2.05) is 19.9 Å². The van der Waals surface area contributed by atoms with Crippen molar-refractivity contribution in [1.29, 1.82) is 0 Å². The van der Waals surface area contributed by atoms with Crippen molar-refractivity contribution in [2.75, 3.05) is 13.7 Å². The quantitative estimate of drug-likeness (QED) is 0.215. The molecule has 0 heterocycles. The van der Waals surface area contributed by atoms with Crippen LogP contribution in [0, 0.1) is 5.41 Å². The summed E-state index contributed by atoms with van der Waals surface area (Å²) >= 11 is 0. The summed E-state index contributed by atoms with van der Waals surface area (Å²) in [6.45, 7) is 6.34. The third-order valence-corrected chi connectivity index (χ3v) is 3.59. The average molecular weight is 293 g/mol. The largest absolute Gasteiger partial charge is 0.409 e. The highest BCUT2D eigenvalue weighted by atomic mass is 16.5. The fraction of sp³-hybridized carbons (Fsp3) is 0.562. The molecule has 0 aliphatic heterocycles. The van der Waals surface area contributed by atoms with E-state index in [9.17, 15) is 0 Å². The Labute approximate surface area is 127 Å². The van der Waals surface area contributed by atoms with Gasteiger partial charge < -0.3 is 21.0 Å². The van der Waals surface area contributed by atoms with Gasteiger partial charge in [0.2, 0.25) is 0 Å². The second kappa shape index (κ2) is 8.64. The second-order valence-corrected chi connectivity index (χ2v) is 5.90. The molecule has 0 saturated carbocycles. The minimum atomic E-state index is -0.269. The molecule has 118 valence electrons. The Hall–Kier alpha value is -1.59. The molecule has 0 fully saturated rings. The van der Waals surface area contributed by atoms with Crippen LogP contribution in [0.3, 0.4) is 0 Å². The molecule has 5 nitrogen and oxygen atoms in total. The summed E-state index contributed by atoms with van der Waals surface area (Å²) in [5.41, 5.74) is 7.84. The van der Waals surface area contributed by atoms with E-state index in [4.69, 9.17) is 15.7 Å². The van der Waals surface area contributed by atoms with Crippen molar-refractivity contribution in [3.8, 4) is 0 Å². The summed E-state index contributed by atoms with van der Waals surface area (Å²) in [5, 5.41) is 15.2. The van der Waals surface area contributed by atoms with Gasteiger partial charge >= 0.3 is 0 Å². The van der Waals surface area contributed by atoms with E-state index in [0.717, 1.165) is 25.9 Å². The fourth-order valence-corrected chi connectivity index (χ4v) is 2.15. The first-order chi connectivity index (χ1) is 9.99. The predicted octanol–water partition coefficient (Wildman–Crippen LogP) is 2.48. The molecule has 0 bridgehead atoms. The number of hydrogen-bond donors (Lipinski definition) is 3. The Balaban J connectivity index is 2.30. The van der Waals surface area contributed by atoms with Crippen LogP contribution in [-0.4, -0.2) is 24.7 Å². The van der Waals surface area contributed by atoms with E-state index < -0.39 is 0 Å². The molecule has 4 N–H and O–H groups in total. The molecule has 1 aromatic rings. The number of nitrogens with zero attached hydrogens (tertiary/aromatic N) is 1. The summed E-state index contributed by atoms with van der Waals surface area (Å²) in [6, 6.07) is 8.36. The number of amidine groups is 1. The Bertz CT molecular complexity index is 459. The number of methoxy groups -OCH3 is 1. The highest BCUT2D eigenvalue weighted by Gasteiger charge is 2.22. The monoisotopic (exact) mass is 293 g/mol. The van der Waals surface area contributed by atoms with Crippen molar-refractivity contribution in [3.63, 3.8) is 0 Å². The predicted molar refractivity (Wildman–Crippen MR) is 85.3 cm³/mol. The molecular formula is C16H27N3O2. The van der Waals surface area contributed by atoms with Crippen LogP contribution in [0.15, 0.2) is 29.4 Å². The highest BCUT2D eigenvalue weighted by Crippen LogP contribution is 2.21. The zero-order valence-corrected chi connectivity index (χ0v) is 13.2. The van der Waals surface area contributed by atoms with Gasteiger partial charge in [-0.25, -0.2) is 0 Å². The molecule has 5 heteroatoms. The van der Waals surface area contributed by atoms with Crippen molar-refractivity contribution < 1.29 is 9.94 Å². The van der Waals surface area contributed by atoms with E-state index in [0.29, 0.717) is 6.61 Å². The van der Waals surface area contributed by atoms with Gasteiger partial charge in [0.05, 0.1) is 6.61 Å². The molecule has 0 aliphatic rings. The van der Waals surface area contributed by atoms with Crippen LogP contribution in [0.25, 0.3) is 0 Å². The van der Waals surface area contributed by atoms with E-state index in [-0.39, 0.29) is 11.3 Å². The summed E-state index contributed by atoms with van der Waals surface area (Å²) in [4.78, 5) is 0. The van der Waals surface area contributed by atoms with Gasteiger partial charge in [0.25, 0.3) is 0 Å².